The molecule has 146 valence electrons. The van der Waals surface area contributed by atoms with E-state index in [2.05, 4.69) is 22.4 Å². The van der Waals surface area contributed by atoms with E-state index < -0.39 is 5.97 Å². The summed E-state index contributed by atoms with van der Waals surface area (Å²) in [6.45, 7) is 3.54. The number of esters is 1. The topological polar surface area (TPSA) is 73.2 Å². The third kappa shape index (κ3) is 5.19. The zero-order valence-corrected chi connectivity index (χ0v) is 16.2. The van der Waals surface area contributed by atoms with E-state index >= 15 is 0 Å². The molecule has 1 N–H and O–H groups in total. The molecule has 1 aromatic heterocycles. The SMILES string of the molecule is Cc1nc2ccccc2n1CC(=O)OCC(=O)NC(C)CCc1ccccc1. The Morgan fingerprint density at radius 2 is 1.82 bits per heavy atom. The van der Waals surface area contributed by atoms with Gasteiger partial charge in [0.1, 0.15) is 12.4 Å². The molecule has 3 rings (SSSR count). The first-order valence-corrected chi connectivity index (χ1v) is 9.43. The van der Waals surface area contributed by atoms with Crippen molar-refractivity contribution in [1.82, 2.24) is 14.9 Å². The molecule has 28 heavy (non-hydrogen) atoms. The lowest BCUT2D eigenvalue weighted by atomic mass is 10.1. The molecule has 6 heteroatoms. The molecule has 0 bridgehead atoms. The number of benzene rings is 2. The summed E-state index contributed by atoms with van der Waals surface area (Å²) in [5, 5.41) is 2.87. The number of aryl methyl sites for hydroxylation is 2. The van der Waals surface area contributed by atoms with Gasteiger partial charge in [0, 0.05) is 6.04 Å². The highest BCUT2D eigenvalue weighted by Gasteiger charge is 2.14. The zero-order valence-electron chi connectivity index (χ0n) is 16.2. The molecule has 1 amide bonds. The standard InChI is InChI=1S/C22H25N3O3/c1-16(12-13-18-8-4-3-5-9-18)23-21(26)15-28-22(27)14-25-17(2)24-19-10-6-7-11-20(19)25/h3-11,16H,12-15H2,1-2H3,(H,23,26). The van der Waals surface area contributed by atoms with Crippen molar-refractivity contribution < 1.29 is 14.3 Å². The summed E-state index contributed by atoms with van der Waals surface area (Å²) in [7, 11) is 0. The van der Waals surface area contributed by atoms with Gasteiger partial charge in [-0.15, -0.1) is 0 Å². The zero-order chi connectivity index (χ0) is 19.9. The highest BCUT2D eigenvalue weighted by molar-refractivity contribution is 5.82. The Labute approximate surface area is 164 Å². The average molecular weight is 379 g/mol. The Morgan fingerprint density at radius 1 is 1.11 bits per heavy atom. The summed E-state index contributed by atoms with van der Waals surface area (Å²) < 4.78 is 6.93. The molecule has 0 spiro atoms. The summed E-state index contributed by atoms with van der Waals surface area (Å²) in [6, 6.07) is 17.7. The number of amides is 1. The van der Waals surface area contributed by atoms with Gasteiger partial charge in [-0.05, 0) is 44.4 Å². The summed E-state index contributed by atoms with van der Waals surface area (Å²) in [5.74, 6) is -0.0170. The van der Waals surface area contributed by atoms with Gasteiger partial charge < -0.3 is 14.6 Å². The maximum Gasteiger partial charge on any atom is 0.326 e. The fourth-order valence-electron chi connectivity index (χ4n) is 3.13. The van der Waals surface area contributed by atoms with Gasteiger partial charge in [0.05, 0.1) is 11.0 Å². The molecule has 6 nitrogen and oxygen atoms in total. The van der Waals surface area contributed by atoms with Crippen molar-refractivity contribution in [3.63, 3.8) is 0 Å². The molecular formula is C22H25N3O3. The van der Waals surface area contributed by atoms with Crippen LogP contribution in [0.15, 0.2) is 54.6 Å². The van der Waals surface area contributed by atoms with Crippen molar-refractivity contribution in [2.24, 2.45) is 0 Å². The van der Waals surface area contributed by atoms with Crippen LogP contribution in [0.3, 0.4) is 0 Å². The minimum absolute atomic E-state index is 0.00578. The van der Waals surface area contributed by atoms with Gasteiger partial charge in [-0.25, -0.2) is 4.98 Å². The van der Waals surface area contributed by atoms with Crippen LogP contribution in [0.2, 0.25) is 0 Å². The Morgan fingerprint density at radius 3 is 2.61 bits per heavy atom. The molecule has 0 aliphatic heterocycles. The smallest absolute Gasteiger partial charge is 0.326 e. The number of carbonyl (C=O) groups is 2. The van der Waals surface area contributed by atoms with Crippen LogP contribution in [-0.2, 0) is 27.3 Å². The maximum absolute atomic E-state index is 12.2. The number of nitrogens with zero attached hydrogens (tertiary/aromatic N) is 2. The number of carbonyl (C=O) groups excluding carboxylic acids is 2. The van der Waals surface area contributed by atoms with Crippen LogP contribution in [0, 0.1) is 6.92 Å². The van der Waals surface area contributed by atoms with E-state index in [4.69, 9.17) is 4.74 Å². The molecule has 0 aliphatic carbocycles. The van der Waals surface area contributed by atoms with Crippen LogP contribution in [0.25, 0.3) is 11.0 Å². The number of imidazole rings is 1. The molecule has 0 radical (unpaired) electrons. The van der Waals surface area contributed by atoms with Gasteiger partial charge in [0.25, 0.3) is 5.91 Å². The van der Waals surface area contributed by atoms with E-state index in [1.54, 1.807) is 4.57 Å². The monoisotopic (exact) mass is 379 g/mol. The second-order valence-corrected chi connectivity index (χ2v) is 6.89. The van der Waals surface area contributed by atoms with Crippen molar-refractivity contribution in [2.45, 2.75) is 39.3 Å². The predicted octanol–water partition coefficient (Wildman–Crippen LogP) is 3.03. The first-order valence-electron chi connectivity index (χ1n) is 9.43. The molecule has 1 atom stereocenters. The third-order valence-corrected chi connectivity index (χ3v) is 4.61. The number of fused-ring (bicyclic) bond motifs is 1. The van der Waals surface area contributed by atoms with E-state index in [1.807, 2.05) is 56.3 Å². The number of hydrogen-bond donors (Lipinski definition) is 1. The summed E-state index contributed by atoms with van der Waals surface area (Å²) in [5.41, 5.74) is 2.94. The average Bonchev–Trinajstić information content (AvgIpc) is 3.01. The predicted molar refractivity (Wildman–Crippen MR) is 108 cm³/mol. The van der Waals surface area contributed by atoms with Crippen LogP contribution in [0.1, 0.15) is 24.7 Å². The molecule has 0 fully saturated rings. The summed E-state index contributed by atoms with van der Waals surface area (Å²) >= 11 is 0. The molecular weight excluding hydrogens is 354 g/mol. The van der Waals surface area contributed by atoms with E-state index in [0.29, 0.717) is 0 Å². The highest BCUT2D eigenvalue weighted by Crippen LogP contribution is 2.15. The Balaban J connectivity index is 1.43. The Bertz CT molecular complexity index is 950. The maximum atomic E-state index is 12.2. The quantitative estimate of drug-likeness (QED) is 0.611. The number of rotatable bonds is 8. The fourth-order valence-corrected chi connectivity index (χ4v) is 3.13. The third-order valence-electron chi connectivity index (χ3n) is 4.61. The lowest BCUT2D eigenvalue weighted by Crippen LogP contribution is -2.36. The first kappa shape index (κ1) is 19.6. The van der Waals surface area contributed by atoms with Crippen LogP contribution in [-0.4, -0.2) is 34.1 Å². The number of nitrogens with one attached hydrogen (secondary N) is 1. The normalized spacial score (nSPS) is 11.9. The van der Waals surface area contributed by atoms with E-state index in [9.17, 15) is 9.59 Å². The fraction of sp³-hybridized carbons (Fsp3) is 0.318. The summed E-state index contributed by atoms with van der Waals surface area (Å²) in [6.07, 6.45) is 1.71. The van der Waals surface area contributed by atoms with Gasteiger partial charge in [-0.3, -0.25) is 9.59 Å². The van der Waals surface area contributed by atoms with Gasteiger partial charge in [0.2, 0.25) is 0 Å². The second kappa shape index (κ2) is 9.17. The number of aromatic nitrogens is 2. The van der Waals surface area contributed by atoms with Crippen molar-refractivity contribution in [1.29, 1.82) is 0 Å². The second-order valence-electron chi connectivity index (χ2n) is 6.89. The van der Waals surface area contributed by atoms with Gasteiger partial charge >= 0.3 is 5.97 Å². The molecule has 1 unspecified atom stereocenters. The molecule has 0 saturated carbocycles. The molecule has 0 saturated heterocycles. The van der Waals surface area contributed by atoms with Crippen molar-refractivity contribution in [2.75, 3.05) is 6.61 Å². The lowest BCUT2D eigenvalue weighted by Gasteiger charge is -2.14. The number of ether oxygens (including phenoxy) is 1. The van der Waals surface area contributed by atoms with E-state index in [-0.39, 0.29) is 25.1 Å². The van der Waals surface area contributed by atoms with Crippen LogP contribution < -0.4 is 5.32 Å². The Kier molecular flexibility index (Phi) is 6.42. The van der Waals surface area contributed by atoms with E-state index in [0.717, 1.165) is 29.7 Å². The van der Waals surface area contributed by atoms with Crippen LogP contribution >= 0.6 is 0 Å². The molecule has 1 heterocycles. The highest BCUT2D eigenvalue weighted by atomic mass is 16.5. The number of para-hydroxylation sites is 2. The van der Waals surface area contributed by atoms with Crippen LogP contribution in [0.5, 0.6) is 0 Å². The number of hydrogen-bond acceptors (Lipinski definition) is 4. The van der Waals surface area contributed by atoms with Crippen molar-refractivity contribution in [3.05, 3.63) is 66.0 Å². The minimum Gasteiger partial charge on any atom is -0.454 e. The van der Waals surface area contributed by atoms with Crippen molar-refractivity contribution >= 4 is 22.9 Å². The van der Waals surface area contributed by atoms with Gasteiger partial charge in [-0.1, -0.05) is 42.5 Å². The molecule has 0 aliphatic rings. The van der Waals surface area contributed by atoms with E-state index in [1.165, 1.54) is 5.56 Å². The lowest BCUT2D eigenvalue weighted by molar-refractivity contribution is -0.149. The first-order chi connectivity index (χ1) is 13.5. The Hall–Kier alpha value is -3.15. The molecule has 3 aromatic rings. The summed E-state index contributed by atoms with van der Waals surface area (Å²) in [4.78, 5) is 28.6. The minimum atomic E-state index is -0.460. The van der Waals surface area contributed by atoms with Gasteiger partial charge in [0.15, 0.2) is 6.61 Å². The molecule has 2 aromatic carbocycles. The van der Waals surface area contributed by atoms with Crippen molar-refractivity contribution in [3.8, 4) is 0 Å². The largest absolute Gasteiger partial charge is 0.454 e. The van der Waals surface area contributed by atoms with Crippen LogP contribution in [0.4, 0.5) is 0 Å². The van der Waals surface area contributed by atoms with Gasteiger partial charge in [-0.2, -0.15) is 0 Å².